The highest BCUT2D eigenvalue weighted by molar-refractivity contribution is 7.07. The largest absolute Gasteiger partial charge is 0.384 e. The molecule has 10 heteroatoms. The Hall–Kier alpha value is -2.71. The highest BCUT2D eigenvalue weighted by atomic mass is 35.5. The Bertz CT molecular complexity index is 1590. The molecule has 0 spiro atoms. The van der Waals surface area contributed by atoms with Crippen molar-refractivity contribution < 1.29 is 0 Å². The Kier molecular flexibility index (Phi) is 6.09. The Morgan fingerprint density at radius 3 is 2.16 bits per heavy atom. The van der Waals surface area contributed by atoms with Crippen LogP contribution in [0.15, 0.2) is 46.8 Å². The van der Waals surface area contributed by atoms with Gasteiger partial charge in [-0.05, 0) is 41.5 Å². The van der Waals surface area contributed by atoms with E-state index >= 15 is 0 Å². The van der Waals surface area contributed by atoms with Crippen molar-refractivity contribution in [2.45, 2.75) is 5.92 Å². The summed E-state index contributed by atoms with van der Waals surface area (Å²) in [5.74, 6) is -0.816. The second-order valence-electron chi connectivity index (χ2n) is 6.77. The molecule has 5 nitrogen and oxygen atoms in total. The zero-order valence-corrected chi connectivity index (χ0v) is 19.7. The van der Waals surface area contributed by atoms with Gasteiger partial charge < -0.3 is 5.73 Å². The van der Waals surface area contributed by atoms with Crippen molar-refractivity contribution in [3.05, 3.63) is 92.7 Å². The summed E-state index contributed by atoms with van der Waals surface area (Å²) in [6.45, 7) is 0. The van der Waals surface area contributed by atoms with Crippen LogP contribution >= 0.6 is 57.7 Å². The molecule has 0 fully saturated rings. The molecule has 4 rings (SSSR count). The monoisotopic (exact) mass is 518 g/mol. The van der Waals surface area contributed by atoms with Gasteiger partial charge in [0.05, 0.1) is 53.8 Å². The third-order valence-corrected chi connectivity index (χ3v) is 7.49. The first-order valence-electron chi connectivity index (χ1n) is 8.94. The topological polar surface area (TPSA) is 95.6 Å². The molecular weight excluding hydrogens is 510 g/mol. The molecule has 3 aromatic rings. The van der Waals surface area contributed by atoms with Crippen molar-refractivity contribution in [3.8, 4) is 12.1 Å². The minimum atomic E-state index is -0.782. The average molecular weight is 520 g/mol. The summed E-state index contributed by atoms with van der Waals surface area (Å²) in [6.07, 6.45) is 1.63. The lowest BCUT2D eigenvalue weighted by Crippen LogP contribution is -2.38. The summed E-state index contributed by atoms with van der Waals surface area (Å²) in [5.41, 5.74) is 7.32. The maximum atomic E-state index is 13.1. The van der Waals surface area contributed by atoms with E-state index < -0.39 is 11.5 Å². The van der Waals surface area contributed by atoms with E-state index in [1.54, 1.807) is 42.5 Å². The van der Waals surface area contributed by atoms with Crippen LogP contribution in [0.5, 0.6) is 0 Å². The van der Waals surface area contributed by atoms with Gasteiger partial charge in [0.15, 0.2) is 0 Å². The van der Waals surface area contributed by atoms with E-state index in [1.165, 1.54) is 4.57 Å². The Labute approximate surface area is 206 Å². The fourth-order valence-electron chi connectivity index (χ4n) is 3.43. The van der Waals surface area contributed by atoms with Crippen molar-refractivity contribution in [3.63, 3.8) is 0 Å². The molecule has 0 amide bonds. The van der Waals surface area contributed by atoms with Gasteiger partial charge >= 0.3 is 0 Å². The van der Waals surface area contributed by atoms with Gasteiger partial charge in [-0.25, -0.2) is 0 Å². The molecule has 1 aromatic heterocycles. The van der Waals surface area contributed by atoms with Crippen LogP contribution < -0.4 is 20.5 Å². The Morgan fingerprint density at radius 2 is 1.56 bits per heavy atom. The second-order valence-corrected chi connectivity index (χ2v) is 9.43. The van der Waals surface area contributed by atoms with E-state index in [1.807, 2.05) is 0 Å². The number of rotatable bonds is 2. The van der Waals surface area contributed by atoms with E-state index in [4.69, 9.17) is 52.1 Å². The van der Waals surface area contributed by atoms with Gasteiger partial charge in [-0.15, -0.1) is 11.3 Å². The zero-order chi connectivity index (χ0) is 23.2. The maximum Gasteiger partial charge on any atom is 0.274 e. The number of nitrogens with two attached hydrogens (primary N) is 1. The van der Waals surface area contributed by atoms with Crippen molar-refractivity contribution in [1.82, 2.24) is 4.57 Å². The summed E-state index contributed by atoms with van der Waals surface area (Å²) >= 11 is 25.3. The normalized spacial score (nSPS) is 16.0. The first-order chi connectivity index (χ1) is 15.3. The first kappa shape index (κ1) is 22.5. The molecule has 1 unspecified atom stereocenters. The Balaban J connectivity index is 2.04. The molecule has 2 heterocycles. The summed E-state index contributed by atoms with van der Waals surface area (Å²) in [5, 5.41) is 21.2. The maximum absolute atomic E-state index is 13.1. The second kappa shape index (κ2) is 8.67. The molecule has 0 saturated heterocycles. The third kappa shape index (κ3) is 3.71. The summed E-state index contributed by atoms with van der Waals surface area (Å²) in [6, 6.07) is 14.0. The number of hydrogen-bond donors (Lipinski definition) is 1. The molecule has 1 atom stereocenters. The summed E-state index contributed by atoms with van der Waals surface area (Å²) in [4.78, 5) is 13.1. The zero-order valence-electron chi connectivity index (χ0n) is 15.9. The molecule has 1 aliphatic heterocycles. The lowest BCUT2D eigenvalue weighted by molar-refractivity contribution is 0.906. The molecule has 0 aliphatic carbocycles. The molecular formula is C22H10Cl4N4OS. The number of thiazole rings is 1. The quantitative estimate of drug-likeness (QED) is 0.540. The SMILES string of the molecule is N#CC1=C(N)n2c(s/c(=C\c3ccc(Cl)c(Cl)c3)c2=O)=C(C#N)C1c1ccc(Cl)c(Cl)c1. The van der Waals surface area contributed by atoms with Gasteiger partial charge in [0.2, 0.25) is 0 Å². The predicted octanol–water partition coefficient (Wildman–Crippen LogP) is 4.47. The number of hydrogen-bond acceptors (Lipinski definition) is 5. The predicted molar refractivity (Wildman–Crippen MR) is 129 cm³/mol. The summed E-state index contributed by atoms with van der Waals surface area (Å²) in [7, 11) is 0. The number of benzene rings is 2. The molecule has 0 saturated carbocycles. The van der Waals surface area contributed by atoms with Crippen LogP contribution in [0.1, 0.15) is 17.0 Å². The average Bonchev–Trinajstić information content (AvgIpc) is 3.08. The molecule has 0 bridgehead atoms. The van der Waals surface area contributed by atoms with Crippen LogP contribution in [-0.2, 0) is 0 Å². The lowest BCUT2D eigenvalue weighted by Gasteiger charge is -2.22. The molecule has 32 heavy (non-hydrogen) atoms. The third-order valence-electron chi connectivity index (χ3n) is 4.91. The number of nitrogens with zero attached hydrogens (tertiary/aromatic N) is 3. The number of nitriles is 2. The van der Waals surface area contributed by atoms with Crippen LogP contribution in [0, 0.1) is 22.7 Å². The van der Waals surface area contributed by atoms with Gasteiger partial charge in [0, 0.05) is 0 Å². The highest BCUT2D eigenvalue weighted by Gasteiger charge is 2.32. The van der Waals surface area contributed by atoms with E-state index in [0.717, 1.165) is 11.3 Å². The van der Waals surface area contributed by atoms with E-state index in [2.05, 4.69) is 12.1 Å². The van der Waals surface area contributed by atoms with E-state index in [-0.39, 0.29) is 22.0 Å². The molecule has 1 aliphatic rings. The fourth-order valence-corrected chi connectivity index (χ4v) is 5.17. The van der Waals surface area contributed by atoms with Crippen LogP contribution in [0.2, 0.25) is 20.1 Å². The van der Waals surface area contributed by atoms with Gasteiger partial charge in [0.1, 0.15) is 10.5 Å². The summed E-state index contributed by atoms with van der Waals surface area (Å²) < 4.78 is 1.86. The minimum absolute atomic E-state index is 0.0346. The van der Waals surface area contributed by atoms with Crippen LogP contribution in [0.25, 0.3) is 17.5 Å². The van der Waals surface area contributed by atoms with Crippen molar-refractivity contribution in [2.75, 3.05) is 0 Å². The standard InChI is InChI=1S/C22H10Cl4N4OS/c23-14-3-1-10(5-16(14)25)6-18-21(31)30-20(29)12(8-27)19(13(9-28)22(30)32-18)11-2-4-15(24)17(26)7-11/h1-7,19H,29H2/b18-6-. The number of halogens is 4. The molecule has 0 radical (unpaired) electrons. The Morgan fingerprint density at radius 1 is 0.938 bits per heavy atom. The number of fused-ring (bicyclic) bond motifs is 1. The lowest BCUT2D eigenvalue weighted by atomic mass is 9.84. The fraction of sp³-hybridized carbons (Fsp3) is 0.0455. The number of aromatic nitrogens is 1. The number of allylic oxidation sites excluding steroid dienone is 1. The van der Waals surface area contributed by atoms with Crippen LogP contribution in [0.3, 0.4) is 0 Å². The highest BCUT2D eigenvalue weighted by Crippen LogP contribution is 2.37. The van der Waals surface area contributed by atoms with Crippen molar-refractivity contribution in [1.29, 1.82) is 10.5 Å². The van der Waals surface area contributed by atoms with Crippen molar-refractivity contribution in [2.24, 2.45) is 5.73 Å². The van der Waals surface area contributed by atoms with Crippen LogP contribution in [0.4, 0.5) is 0 Å². The van der Waals surface area contributed by atoms with Gasteiger partial charge in [-0.1, -0.05) is 58.5 Å². The van der Waals surface area contributed by atoms with Crippen molar-refractivity contribution >= 4 is 75.2 Å². The minimum Gasteiger partial charge on any atom is -0.384 e. The van der Waals surface area contributed by atoms with Gasteiger partial charge in [-0.3, -0.25) is 9.36 Å². The van der Waals surface area contributed by atoms with Gasteiger partial charge in [-0.2, -0.15) is 10.5 Å². The van der Waals surface area contributed by atoms with E-state index in [0.29, 0.717) is 35.4 Å². The van der Waals surface area contributed by atoms with Gasteiger partial charge in [0.25, 0.3) is 5.56 Å². The molecule has 2 N–H and O–H groups in total. The smallest absolute Gasteiger partial charge is 0.274 e. The van der Waals surface area contributed by atoms with Crippen LogP contribution in [-0.4, -0.2) is 4.57 Å². The molecule has 2 aromatic carbocycles. The first-order valence-corrected chi connectivity index (χ1v) is 11.3. The molecule has 158 valence electrons. The van der Waals surface area contributed by atoms with E-state index in [9.17, 15) is 15.3 Å².